The number of non-ortho nitro benzene ring substituents is 1. The fourth-order valence-electron chi connectivity index (χ4n) is 1.57. The number of hydrogen-bond donors (Lipinski definition) is 1. The van der Waals surface area contributed by atoms with Crippen molar-refractivity contribution in [1.29, 1.82) is 0 Å². The smallest absolute Gasteiger partial charge is 0.269 e. The van der Waals surface area contributed by atoms with E-state index in [9.17, 15) is 14.9 Å². The highest BCUT2D eigenvalue weighted by atomic mass is 16.6. The molecule has 1 N–H and O–H groups in total. The van der Waals surface area contributed by atoms with Gasteiger partial charge in [-0.2, -0.15) is 5.10 Å². The van der Waals surface area contributed by atoms with Crippen LogP contribution in [-0.2, 0) is 11.3 Å². The van der Waals surface area contributed by atoms with Gasteiger partial charge in [0.05, 0.1) is 4.92 Å². The molecule has 0 spiro atoms. The van der Waals surface area contributed by atoms with E-state index in [1.54, 1.807) is 16.9 Å². The number of rotatable bonds is 4. The SMILES string of the molecule is Cc1ccnn1CC(=O)Nc1ccc([N+](=O)[O-])cc1. The molecule has 0 saturated carbocycles. The van der Waals surface area contributed by atoms with Crippen molar-refractivity contribution in [3.63, 3.8) is 0 Å². The Bertz CT molecular complexity index is 604. The molecule has 0 radical (unpaired) electrons. The molecule has 0 bridgehead atoms. The number of aromatic nitrogens is 2. The molecule has 1 aromatic carbocycles. The van der Waals surface area contributed by atoms with Gasteiger partial charge in [0, 0.05) is 29.7 Å². The van der Waals surface area contributed by atoms with Gasteiger partial charge in [-0.15, -0.1) is 0 Å². The summed E-state index contributed by atoms with van der Waals surface area (Å²) >= 11 is 0. The van der Waals surface area contributed by atoms with Crippen molar-refractivity contribution in [3.8, 4) is 0 Å². The summed E-state index contributed by atoms with van der Waals surface area (Å²) in [4.78, 5) is 21.7. The first-order valence-corrected chi connectivity index (χ1v) is 5.59. The molecule has 98 valence electrons. The molecule has 1 aromatic heterocycles. The second kappa shape index (κ2) is 5.30. The van der Waals surface area contributed by atoms with Crippen molar-refractivity contribution in [2.45, 2.75) is 13.5 Å². The lowest BCUT2D eigenvalue weighted by Gasteiger charge is -2.06. The van der Waals surface area contributed by atoms with Gasteiger partial charge in [0.1, 0.15) is 6.54 Å². The third kappa shape index (κ3) is 3.15. The molecule has 0 aliphatic heterocycles. The van der Waals surface area contributed by atoms with Gasteiger partial charge in [0.25, 0.3) is 5.69 Å². The molecule has 19 heavy (non-hydrogen) atoms. The number of nitrogens with one attached hydrogen (secondary N) is 1. The summed E-state index contributed by atoms with van der Waals surface area (Å²) in [6, 6.07) is 7.47. The number of nitro groups is 1. The Morgan fingerprint density at radius 3 is 2.58 bits per heavy atom. The predicted octanol–water partition coefficient (Wildman–Crippen LogP) is 1.74. The summed E-state index contributed by atoms with van der Waals surface area (Å²) < 4.78 is 1.57. The lowest BCUT2D eigenvalue weighted by molar-refractivity contribution is -0.384. The first-order valence-electron chi connectivity index (χ1n) is 5.59. The van der Waals surface area contributed by atoms with E-state index >= 15 is 0 Å². The van der Waals surface area contributed by atoms with E-state index in [0.29, 0.717) is 5.69 Å². The minimum atomic E-state index is -0.487. The van der Waals surface area contributed by atoms with Crippen molar-refractivity contribution in [2.24, 2.45) is 0 Å². The van der Waals surface area contributed by atoms with Crippen LogP contribution in [0, 0.1) is 17.0 Å². The summed E-state index contributed by atoms with van der Waals surface area (Å²) in [6.45, 7) is 1.96. The number of aryl methyl sites for hydroxylation is 1. The third-order valence-electron chi connectivity index (χ3n) is 2.58. The van der Waals surface area contributed by atoms with Crippen LogP contribution in [0.3, 0.4) is 0 Å². The van der Waals surface area contributed by atoms with E-state index in [1.165, 1.54) is 24.3 Å². The van der Waals surface area contributed by atoms with Crippen LogP contribution in [0.2, 0.25) is 0 Å². The molecule has 2 aromatic rings. The van der Waals surface area contributed by atoms with Crippen molar-refractivity contribution >= 4 is 17.3 Å². The van der Waals surface area contributed by atoms with Crippen LogP contribution in [0.25, 0.3) is 0 Å². The van der Waals surface area contributed by atoms with Gasteiger partial charge in [0.15, 0.2) is 0 Å². The van der Waals surface area contributed by atoms with Gasteiger partial charge in [0.2, 0.25) is 5.91 Å². The van der Waals surface area contributed by atoms with Gasteiger partial charge in [-0.05, 0) is 25.1 Å². The van der Waals surface area contributed by atoms with E-state index in [1.807, 2.05) is 6.92 Å². The zero-order valence-corrected chi connectivity index (χ0v) is 10.2. The second-order valence-electron chi connectivity index (χ2n) is 3.98. The molecule has 0 fully saturated rings. The number of benzene rings is 1. The lowest BCUT2D eigenvalue weighted by atomic mass is 10.3. The van der Waals surface area contributed by atoms with E-state index in [2.05, 4.69) is 10.4 Å². The molecule has 1 heterocycles. The Kier molecular flexibility index (Phi) is 3.56. The monoisotopic (exact) mass is 260 g/mol. The van der Waals surface area contributed by atoms with Crippen LogP contribution in [0.15, 0.2) is 36.5 Å². The highest BCUT2D eigenvalue weighted by Crippen LogP contribution is 2.15. The zero-order chi connectivity index (χ0) is 13.8. The first-order chi connectivity index (χ1) is 9.06. The summed E-state index contributed by atoms with van der Waals surface area (Å²) in [5.74, 6) is -0.236. The molecule has 1 amide bonds. The molecule has 0 aliphatic carbocycles. The first kappa shape index (κ1) is 12.7. The average molecular weight is 260 g/mol. The number of nitrogens with zero attached hydrogens (tertiary/aromatic N) is 3. The van der Waals surface area contributed by atoms with Gasteiger partial charge in [-0.1, -0.05) is 0 Å². The molecule has 0 unspecified atom stereocenters. The molecule has 0 saturated heterocycles. The van der Waals surface area contributed by atoms with Crippen LogP contribution in [0.4, 0.5) is 11.4 Å². The Morgan fingerprint density at radius 2 is 2.05 bits per heavy atom. The van der Waals surface area contributed by atoms with Gasteiger partial charge in [-0.3, -0.25) is 19.6 Å². The maximum atomic E-state index is 11.7. The molecule has 0 aliphatic rings. The largest absolute Gasteiger partial charge is 0.324 e. The number of anilines is 1. The van der Waals surface area contributed by atoms with Gasteiger partial charge >= 0.3 is 0 Å². The summed E-state index contributed by atoms with van der Waals surface area (Å²) in [5.41, 5.74) is 1.39. The summed E-state index contributed by atoms with van der Waals surface area (Å²) in [5, 5.41) is 17.1. The van der Waals surface area contributed by atoms with Crippen LogP contribution < -0.4 is 5.32 Å². The standard InChI is InChI=1S/C12H12N4O3/c1-9-6-7-13-15(9)8-12(17)14-10-2-4-11(5-3-10)16(18)19/h2-7H,8H2,1H3,(H,14,17). The maximum absolute atomic E-state index is 11.7. The maximum Gasteiger partial charge on any atom is 0.269 e. The number of carbonyl (C=O) groups excluding carboxylic acids is 1. The molecule has 0 atom stereocenters. The van der Waals surface area contributed by atoms with E-state index in [4.69, 9.17) is 0 Å². The number of carbonyl (C=O) groups is 1. The molecular formula is C12H12N4O3. The average Bonchev–Trinajstić information content (AvgIpc) is 2.75. The van der Waals surface area contributed by atoms with Crippen molar-refractivity contribution in [3.05, 3.63) is 52.3 Å². The van der Waals surface area contributed by atoms with Crippen LogP contribution in [-0.4, -0.2) is 20.6 Å². The molecule has 7 heteroatoms. The van der Waals surface area contributed by atoms with Crippen molar-refractivity contribution < 1.29 is 9.72 Å². The Labute approximate surface area is 109 Å². The number of hydrogen-bond acceptors (Lipinski definition) is 4. The van der Waals surface area contributed by atoms with Crippen LogP contribution in [0.1, 0.15) is 5.69 Å². The minimum absolute atomic E-state index is 0.0130. The highest BCUT2D eigenvalue weighted by Gasteiger charge is 2.08. The second-order valence-corrected chi connectivity index (χ2v) is 3.98. The third-order valence-corrected chi connectivity index (χ3v) is 2.58. The number of nitro benzene ring substituents is 1. The fraction of sp³-hybridized carbons (Fsp3) is 0.167. The normalized spacial score (nSPS) is 10.2. The lowest BCUT2D eigenvalue weighted by Crippen LogP contribution is -2.20. The summed E-state index contributed by atoms with van der Waals surface area (Å²) in [6.07, 6.45) is 1.62. The van der Waals surface area contributed by atoms with Crippen molar-refractivity contribution in [1.82, 2.24) is 9.78 Å². The highest BCUT2D eigenvalue weighted by molar-refractivity contribution is 5.90. The number of amides is 1. The van der Waals surface area contributed by atoms with Gasteiger partial charge in [-0.25, -0.2) is 0 Å². The fourth-order valence-corrected chi connectivity index (χ4v) is 1.57. The van der Waals surface area contributed by atoms with Crippen LogP contribution >= 0.6 is 0 Å². The van der Waals surface area contributed by atoms with Gasteiger partial charge < -0.3 is 5.32 Å². The molecular weight excluding hydrogens is 248 g/mol. The van der Waals surface area contributed by atoms with E-state index < -0.39 is 4.92 Å². The topological polar surface area (TPSA) is 90.1 Å². The Balaban J connectivity index is 1.99. The molecule has 2 rings (SSSR count). The van der Waals surface area contributed by atoms with E-state index in [0.717, 1.165) is 5.69 Å². The predicted molar refractivity (Wildman–Crippen MR) is 68.7 cm³/mol. The quantitative estimate of drug-likeness (QED) is 0.669. The Morgan fingerprint density at radius 1 is 1.37 bits per heavy atom. The van der Waals surface area contributed by atoms with Crippen LogP contribution in [0.5, 0.6) is 0 Å². The van der Waals surface area contributed by atoms with Crippen molar-refractivity contribution in [2.75, 3.05) is 5.32 Å². The van der Waals surface area contributed by atoms with E-state index in [-0.39, 0.29) is 18.1 Å². The molecule has 7 nitrogen and oxygen atoms in total. The Hall–Kier alpha value is -2.70. The zero-order valence-electron chi connectivity index (χ0n) is 10.2. The summed E-state index contributed by atoms with van der Waals surface area (Å²) in [7, 11) is 0. The minimum Gasteiger partial charge on any atom is -0.324 e.